The van der Waals surface area contributed by atoms with Crippen LogP contribution >= 0.6 is 0 Å². The van der Waals surface area contributed by atoms with E-state index in [1.54, 1.807) is 18.2 Å². The quantitative estimate of drug-likeness (QED) is 0.161. The van der Waals surface area contributed by atoms with Crippen LogP contribution in [0.5, 0.6) is 0 Å². The number of fused-ring (bicyclic) bond motifs is 6. The molecule has 240 valence electrons. The molecule has 0 unspecified atom stereocenters. The molecule has 1 heterocycles. The van der Waals surface area contributed by atoms with Gasteiger partial charge in [-0.15, -0.1) is 0 Å². The standard InChI is InChI=1S/C50H34O/c1-3-13-33(14-4-1)30-46-41-17-7-9-19-43(41)47(44-20-10-8-18-42(44)46)31-34-25-26-37-32-38(28-27-36(37)29-34)40-22-11-23-45-49-39(35-15-5-2-6-16-35)21-12-24-48(49)51-50(40)45/h1-29,32H,30-31H2/i1D,3D,4D,7D,8D,9D,10D,13D,14D,17D,18D,19D,20D,25D,26D,27D,28D,29D,32D. The number of furan rings is 1. The summed E-state index contributed by atoms with van der Waals surface area (Å²) in [5, 5.41) is -0.425. The second-order valence-electron chi connectivity index (χ2n) is 12.1. The van der Waals surface area contributed by atoms with Crippen molar-refractivity contribution in [2.45, 2.75) is 12.8 Å². The summed E-state index contributed by atoms with van der Waals surface area (Å²) < 4.78 is 177. The first-order valence-electron chi connectivity index (χ1n) is 25.7. The van der Waals surface area contributed by atoms with Crippen LogP contribution in [-0.2, 0) is 12.8 Å². The Morgan fingerprint density at radius 1 is 0.431 bits per heavy atom. The maximum Gasteiger partial charge on any atom is 0.143 e. The monoisotopic (exact) mass is 669 g/mol. The minimum atomic E-state index is -0.751. The van der Waals surface area contributed by atoms with Crippen LogP contribution in [0.4, 0.5) is 0 Å². The van der Waals surface area contributed by atoms with Gasteiger partial charge in [-0.1, -0.05) is 169 Å². The Kier molecular flexibility index (Phi) is 3.83. The molecule has 0 saturated carbocycles. The molecule has 1 aromatic heterocycles. The smallest absolute Gasteiger partial charge is 0.143 e. The molecule has 0 aliphatic rings. The van der Waals surface area contributed by atoms with Crippen molar-refractivity contribution in [3.8, 4) is 22.3 Å². The van der Waals surface area contributed by atoms with Gasteiger partial charge in [0.25, 0.3) is 0 Å². The number of hydrogen-bond donors (Lipinski definition) is 0. The molecule has 0 fully saturated rings. The first-order valence-corrected chi connectivity index (χ1v) is 16.2. The third kappa shape index (κ3) is 5.09. The lowest BCUT2D eigenvalue weighted by Gasteiger charge is -2.17. The zero-order valence-corrected chi connectivity index (χ0v) is 26.7. The number of benzene rings is 9. The Hall–Kier alpha value is -6.44. The molecule has 10 aromatic rings. The van der Waals surface area contributed by atoms with Crippen LogP contribution in [0, 0.1) is 0 Å². The summed E-state index contributed by atoms with van der Waals surface area (Å²) in [6.45, 7) is 0. The van der Waals surface area contributed by atoms with Crippen LogP contribution in [-0.4, -0.2) is 0 Å². The molecule has 0 radical (unpaired) electrons. The molecule has 0 saturated heterocycles. The van der Waals surface area contributed by atoms with Gasteiger partial charge in [0.05, 0.1) is 26.0 Å². The summed E-state index contributed by atoms with van der Waals surface area (Å²) >= 11 is 0. The van der Waals surface area contributed by atoms with Gasteiger partial charge in [-0.3, -0.25) is 0 Å². The molecule has 0 aliphatic carbocycles. The lowest BCUT2D eigenvalue weighted by Crippen LogP contribution is -1.98. The van der Waals surface area contributed by atoms with Gasteiger partial charge >= 0.3 is 0 Å². The van der Waals surface area contributed by atoms with E-state index in [4.69, 9.17) is 16.8 Å². The Bertz CT molecular complexity index is 3880. The van der Waals surface area contributed by atoms with Crippen molar-refractivity contribution in [3.05, 3.63) is 204 Å². The van der Waals surface area contributed by atoms with E-state index < -0.39 is 128 Å². The van der Waals surface area contributed by atoms with Crippen molar-refractivity contribution < 1.29 is 30.5 Å². The normalized spacial score (nSPS) is 16.9. The Balaban J connectivity index is 1.26. The number of hydrogen-bond acceptors (Lipinski definition) is 1. The number of rotatable bonds is 6. The van der Waals surface area contributed by atoms with E-state index in [2.05, 4.69) is 0 Å². The van der Waals surface area contributed by atoms with Gasteiger partial charge in [0, 0.05) is 16.3 Å². The molecular weight excluding hydrogens is 617 g/mol. The van der Waals surface area contributed by atoms with E-state index in [1.807, 2.05) is 48.5 Å². The van der Waals surface area contributed by atoms with Gasteiger partial charge in [0.15, 0.2) is 0 Å². The molecule has 10 rings (SSSR count). The first kappa shape index (κ1) is 16.1. The lowest BCUT2D eigenvalue weighted by atomic mass is 9.86. The van der Waals surface area contributed by atoms with Crippen molar-refractivity contribution in [1.82, 2.24) is 0 Å². The fourth-order valence-corrected chi connectivity index (χ4v) is 6.89. The third-order valence-electron chi connectivity index (χ3n) is 9.14. The molecular formula is C50H34O. The summed E-state index contributed by atoms with van der Waals surface area (Å²) in [4.78, 5) is 0. The van der Waals surface area contributed by atoms with E-state index in [9.17, 15) is 13.7 Å². The highest BCUT2D eigenvalue weighted by Gasteiger charge is 2.17. The highest BCUT2D eigenvalue weighted by molar-refractivity contribution is 6.15. The van der Waals surface area contributed by atoms with Crippen molar-refractivity contribution in [1.29, 1.82) is 0 Å². The molecule has 0 amide bonds. The maximum atomic E-state index is 9.60. The van der Waals surface area contributed by atoms with Crippen molar-refractivity contribution >= 4 is 54.3 Å². The van der Waals surface area contributed by atoms with Gasteiger partial charge in [-0.2, -0.15) is 0 Å². The average molecular weight is 670 g/mol. The van der Waals surface area contributed by atoms with E-state index in [0.29, 0.717) is 16.6 Å². The molecule has 0 spiro atoms. The van der Waals surface area contributed by atoms with Crippen LogP contribution < -0.4 is 0 Å². The summed E-state index contributed by atoms with van der Waals surface area (Å²) in [5.41, 5.74) is 1.79. The zero-order valence-electron chi connectivity index (χ0n) is 45.7. The zero-order chi connectivity index (χ0) is 50.3. The van der Waals surface area contributed by atoms with E-state index in [-0.39, 0.29) is 65.7 Å². The highest BCUT2D eigenvalue weighted by Crippen LogP contribution is 2.41. The minimum absolute atomic E-state index is 0.0813. The molecule has 0 bridgehead atoms. The van der Waals surface area contributed by atoms with E-state index >= 15 is 0 Å². The second kappa shape index (κ2) is 12.2. The second-order valence-corrected chi connectivity index (χ2v) is 12.1. The Morgan fingerprint density at radius 3 is 1.76 bits per heavy atom. The van der Waals surface area contributed by atoms with Gasteiger partial charge in [0.1, 0.15) is 11.2 Å². The topological polar surface area (TPSA) is 13.1 Å². The van der Waals surface area contributed by atoms with E-state index in [1.165, 1.54) is 0 Å². The Morgan fingerprint density at radius 2 is 1.04 bits per heavy atom. The third-order valence-corrected chi connectivity index (χ3v) is 9.14. The largest absolute Gasteiger partial charge is 0.455 e. The van der Waals surface area contributed by atoms with Gasteiger partial charge in [-0.25, -0.2) is 0 Å². The highest BCUT2D eigenvalue weighted by atomic mass is 16.3. The van der Waals surface area contributed by atoms with Crippen LogP contribution in [0.2, 0.25) is 0 Å². The fourth-order valence-electron chi connectivity index (χ4n) is 6.89. The van der Waals surface area contributed by atoms with Crippen molar-refractivity contribution in [3.63, 3.8) is 0 Å². The van der Waals surface area contributed by atoms with Crippen molar-refractivity contribution in [2.75, 3.05) is 0 Å². The fraction of sp³-hybridized carbons (Fsp3) is 0.0400. The summed E-state index contributed by atoms with van der Waals surface area (Å²) in [7, 11) is 0. The average Bonchev–Trinajstić information content (AvgIpc) is 3.75. The minimum Gasteiger partial charge on any atom is -0.455 e. The number of para-hydroxylation sites is 1. The summed E-state index contributed by atoms with van der Waals surface area (Å²) in [6.07, 6.45) is -1.33. The van der Waals surface area contributed by atoms with E-state index in [0.717, 1.165) is 16.5 Å². The molecule has 51 heavy (non-hydrogen) atoms. The molecule has 1 heteroatoms. The SMILES string of the molecule is [2H]c1c([2H])c([2H])c(Cc2c3c([2H])c([2H])c([2H])c([2H])c3c(Cc3c([2H])c([2H])c4c([2H])c(-c5cccc6c5oc5cccc(-c7ccccc7)c56)c([2H])c([2H])c4c3[2H])c3c([2H])c([2H])c([2H])c([2H])c23)c([2H])c1[2H]. The van der Waals surface area contributed by atoms with Crippen LogP contribution in [0.1, 0.15) is 48.3 Å². The predicted octanol–water partition coefficient (Wildman–Crippen LogP) is 13.6. The van der Waals surface area contributed by atoms with Gasteiger partial charge in [-0.05, 0) is 96.2 Å². The van der Waals surface area contributed by atoms with Crippen LogP contribution in [0.15, 0.2) is 186 Å². The molecule has 9 aromatic carbocycles. The summed E-state index contributed by atoms with van der Waals surface area (Å²) in [5.74, 6) is 0. The van der Waals surface area contributed by atoms with Crippen molar-refractivity contribution in [2.24, 2.45) is 0 Å². The lowest BCUT2D eigenvalue weighted by molar-refractivity contribution is 0.670. The predicted molar refractivity (Wildman–Crippen MR) is 216 cm³/mol. The first-order chi connectivity index (χ1) is 33.2. The maximum absolute atomic E-state index is 9.60. The molecule has 0 N–H and O–H groups in total. The summed E-state index contributed by atoms with van der Waals surface area (Å²) in [6, 6.07) is 8.06. The Labute approximate surface area is 323 Å². The molecule has 0 aliphatic heterocycles. The van der Waals surface area contributed by atoms with Gasteiger partial charge < -0.3 is 4.42 Å². The van der Waals surface area contributed by atoms with Gasteiger partial charge in [0.2, 0.25) is 0 Å². The molecule has 0 atom stereocenters. The van der Waals surface area contributed by atoms with Crippen LogP contribution in [0.25, 0.3) is 76.5 Å². The molecule has 1 nitrogen and oxygen atoms in total. The van der Waals surface area contributed by atoms with Crippen LogP contribution in [0.3, 0.4) is 0 Å².